The zero-order valence-electron chi connectivity index (χ0n) is 4.96. The van der Waals surface area contributed by atoms with Crippen molar-refractivity contribution in [1.29, 1.82) is 0 Å². The van der Waals surface area contributed by atoms with Crippen molar-refractivity contribution in [2.24, 2.45) is 0 Å². The Labute approximate surface area is 57.7 Å². The van der Waals surface area contributed by atoms with E-state index in [4.69, 9.17) is 0 Å². The van der Waals surface area contributed by atoms with Crippen LogP contribution in [-0.2, 0) is 6.42 Å². The highest BCUT2D eigenvalue weighted by Crippen LogP contribution is 1.91. The molecule has 2 heteroatoms. The molecule has 1 aromatic rings. The van der Waals surface area contributed by atoms with Crippen LogP contribution in [-0.4, -0.2) is 13.4 Å². The molecule has 0 saturated heterocycles. The van der Waals surface area contributed by atoms with Gasteiger partial charge in [0.05, 0.1) is 8.41 Å². The van der Waals surface area contributed by atoms with Gasteiger partial charge in [-0.15, -0.1) is 0 Å². The number of hydrogen-bond donors (Lipinski definition) is 0. The summed E-state index contributed by atoms with van der Waals surface area (Å²) in [6, 6.07) is 5.96. The molecule has 48 valence electrons. The zero-order chi connectivity index (χ0) is 5.82. The van der Waals surface area contributed by atoms with E-state index in [1.165, 1.54) is 0 Å². The highest BCUT2D eigenvalue weighted by atomic mass is 14.6. The lowest BCUT2D eigenvalue weighted by Crippen LogP contribution is -1.81. The highest BCUT2D eigenvalue weighted by Gasteiger charge is 1.81. The summed E-state index contributed by atoms with van der Waals surface area (Å²) in [5.41, 5.74) is 1.16. The molecule has 1 heterocycles. The first-order valence-corrected chi connectivity index (χ1v) is 2.83. The van der Waals surface area contributed by atoms with Gasteiger partial charge in [0.15, 0.2) is 0 Å². The average Bonchev–Trinajstić information content (AvgIpc) is 1.90. The van der Waals surface area contributed by atoms with Gasteiger partial charge in [-0.25, -0.2) is 0 Å². The van der Waals surface area contributed by atoms with E-state index in [9.17, 15) is 0 Å². The van der Waals surface area contributed by atoms with Crippen molar-refractivity contribution < 1.29 is 0 Å². The van der Waals surface area contributed by atoms with E-state index in [0.29, 0.717) is 0 Å². The SMILES string of the molecule is B.CCc1ccccn1. The van der Waals surface area contributed by atoms with E-state index in [2.05, 4.69) is 11.9 Å². The Balaban J connectivity index is 0.000000640. The van der Waals surface area contributed by atoms with Crippen molar-refractivity contribution in [3.63, 3.8) is 0 Å². The van der Waals surface area contributed by atoms with E-state index in [-0.39, 0.29) is 8.41 Å². The molecule has 1 nitrogen and oxygen atoms in total. The molecule has 1 aromatic heterocycles. The number of aromatic nitrogens is 1. The fourth-order valence-corrected chi connectivity index (χ4v) is 0.607. The van der Waals surface area contributed by atoms with Gasteiger partial charge in [0.1, 0.15) is 0 Å². The lowest BCUT2D eigenvalue weighted by atomic mass is 10.3. The summed E-state index contributed by atoms with van der Waals surface area (Å²) in [6.45, 7) is 2.10. The molecule has 0 radical (unpaired) electrons. The molecule has 1 rings (SSSR count). The van der Waals surface area contributed by atoms with E-state index >= 15 is 0 Å². The fourth-order valence-electron chi connectivity index (χ4n) is 0.607. The fraction of sp³-hybridized carbons (Fsp3) is 0.286. The van der Waals surface area contributed by atoms with Crippen molar-refractivity contribution in [3.05, 3.63) is 30.1 Å². The van der Waals surface area contributed by atoms with Gasteiger partial charge in [-0.2, -0.15) is 0 Å². The van der Waals surface area contributed by atoms with Gasteiger partial charge in [0.2, 0.25) is 0 Å². The van der Waals surface area contributed by atoms with Crippen LogP contribution >= 0.6 is 0 Å². The van der Waals surface area contributed by atoms with E-state index < -0.39 is 0 Å². The second kappa shape index (κ2) is 4.13. The maximum atomic E-state index is 4.10. The summed E-state index contributed by atoms with van der Waals surface area (Å²) in [4.78, 5) is 4.10. The second-order valence-corrected chi connectivity index (χ2v) is 1.67. The largest absolute Gasteiger partial charge is 0.261 e. The first kappa shape index (κ1) is 8.21. The minimum atomic E-state index is 0. The summed E-state index contributed by atoms with van der Waals surface area (Å²) >= 11 is 0. The van der Waals surface area contributed by atoms with Crippen molar-refractivity contribution in [2.45, 2.75) is 13.3 Å². The van der Waals surface area contributed by atoms with Crippen LogP contribution < -0.4 is 0 Å². The molecular weight excluding hydrogens is 109 g/mol. The van der Waals surface area contributed by atoms with Crippen molar-refractivity contribution in [2.75, 3.05) is 0 Å². The molecule has 0 fully saturated rings. The van der Waals surface area contributed by atoms with Crippen molar-refractivity contribution in [3.8, 4) is 0 Å². The van der Waals surface area contributed by atoms with Gasteiger partial charge in [0.25, 0.3) is 0 Å². The van der Waals surface area contributed by atoms with E-state index in [1.54, 1.807) is 0 Å². The lowest BCUT2D eigenvalue weighted by Gasteiger charge is -1.88. The molecule has 0 N–H and O–H groups in total. The number of pyridine rings is 1. The van der Waals surface area contributed by atoms with Crippen LogP contribution in [0, 0.1) is 0 Å². The first-order valence-electron chi connectivity index (χ1n) is 2.83. The third kappa shape index (κ3) is 2.31. The summed E-state index contributed by atoms with van der Waals surface area (Å²) in [5.74, 6) is 0. The Morgan fingerprint density at radius 1 is 1.44 bits per heavy atom. The Morgan fingerprint density at radius 2 is 2.22 bits per heavy atom. The van der Waals surface area contributed by atoms with Crippen LogP contribution in [0.2, 0.25) is 0 Å². The number of hydrogen-bond acceptors (Lipinski definition) is 1. The van der Waals surface area contributed by atoms with Crippen molar-refractivity contribution in [1.82, 2.24) is 4.98 Å². The highest BCUT2D eigenvalue weighted by molar-refractivity contribution is 5.75. The molecule has 0 bridgehead atoms. The van der Waals surface area contributed by atoms with Crippen LogP contribution in [0.5, 0.6) is 0 Å². The molecule has 9 heavy (non-hydrogen) atoms. The molecule has 0 atom stereocenters. The Hall–Kier alpha value is -0.785. The summed E-state index contributed by atoms with van der Waals surface area (Å²) in [5, 5.41) is 0. The van der Waals surface area contributed by atoms with Gasteiger partial charge in [-0.3, -0.25) is 4.98 Å². The minimum Gasteiger partial charge on any atom is -0.261 e. The van der Waals surface area contributed by atoms with Crippen LogP contribution in [0.3, 0.4) is 0 Å². The molecule has 0 spiro atoms. The van der Waals surface area contributed by atoms with Gasteiger partial charge >= 0.3 is 0 Å². The monoisotopic (exact) mass is 121 g/mol. The smallest absolute Gasteiger partial charge is 0.0814 e. The average molecular weight is 121 g/mol. The van der Waals surface area contributed by atoms with Crippen molar-refractivity contribution >= 4 is 8.41 Å². The van der Waals surface area contributed by atoms with Gasteiger partial charge < -0.3 is 0 Å². The first-order chi connectivity index (χ1) is 3.93. The third-order valence-corrected chi connectivity index (χ3v) is 1.09. The van der Waals surface area contributed by atoms with E-state index in [1.807, 2.05) is 24.4 Å². The Kier molecular flexibility index (Phi) is 3.77. The van der Waals surface area contributed by atoms with Gasteiger partial charge in [0, 0.05) is 11.9 Å². The molecule has 0 amide bonds. The predicted molar refractivity (Wildman–Crippen MR) is 43.6 cm³/mol. The van der Waals surface area contributed by atoms with Gasteiger partial charge in [-0.05, 0) is 18.6 Å². The van der Waals surface area contributed by atoms with Crippen LogP contribution in [0.4, 0.5) is 0 Å². The standard InChI is InChI=1S/C7H9N.BH3/c1-2-7-5-3-4-6-8-7;/h3-6H,2H2,1H3;1H3. The molecule has 0 aliphatic rings. The molecular formula is C7H12BN. The second-order valence-electron chi connectivity index (χ2n) is 1.67. The normalized spacial score (nSPS) is 8.11. The topological polar surface area (TPSA) is 12.9 Å². The Morgan fingerprint density at radius 3 is 2.56 bits per heavy atom. The third-order valence-electron chi connectivity index (χ3n) is 1.09. The minimum absolute atomic E-state index is 0. The van der Waals surface area contributed by atoms with Gasteiger partial charge in [-0.1, -0.05) is 13.0 Å². The molecule has 0 aromatic carbocycles. The lowest BCUT2D eigenvalue weighted by molar-refractivity contribution is 1.04. The Bertz CT molecular complexity index is 150. The maximum Gasteiger partial charge on any atom is 0.0814 e. The summed E-state index contributed by atoms with van der Waals surface area (Å²) in [7, 11) is 0. The van der Waals surface area contributed by atoms with E-state index in [0.717, 1.165) is 12.1 Å². The van der Waals surface area contributed by atoms with Crippen LogP contribution in [0.15, 0.2) is 24.4 Å². The van der Waals surface area contributed by atoms with Crippen LogP contribution in [0.25, 0.3) is 0 Å². The molecule has 0 aliphatic heterocycles. The zero-order valence-corrected chi connectivity index (χ0v) is 4.96. The predicted octanol–water partition coefficient (Wildman–Crippen LogP) is 0.460. The number of rotatable bonds is 1. The molecule has 0 aliphatic carbocycles. The summed E-state index contributed by atoms with van der Waals surface area (Å²) < 4.78 is 0. The molecule has 0 saturated carbocycles. The quantitative estimate of drug-likeness (QED) is 0.492. The maximum absolute atomic E-state index is 4.10. The number of aryl methyl sites for hydroxylation is 1. The number of nitrogens with zero attached hydrogens (tertiary/aromatic N) is 1. The summed E-state index contributed by atoms with van der Waals surface area (Å²) in [6.07, 6.45) is 2.85. The van der Waals surface area contributed by atoms with Crippen LogP contribution in [0.1, 0.15) is 12.6 Å². The molecule has 0 unspecified atom stereocenters.